The highest BCUT2D eigenvalue weighted by Crippen LogP contribution is 2.22. The van der Waals surface area contributed by atoms with E-state index in [2.05, 4.69) is 6.07 Å². The van der Waals surface area contributed by atoms with Gasteiger partial charge in [0, 0.05) is 3.57 Å². The van der Waals surface area contributed by atoms with Crippen molar-refractivity contribution < 1.29 is 9.53 Å². The fourth-order valence-corrected chi connectivity index (χ4v) is 2.29. The van der Waals surface area contributed by atoms with Gasteiger partial charge in [0.15, 0.2) is 0 Å². The van der Waals surface area contributed by atoms with Crippen LogP contribution < -0.4 is 0 Å². The van der Waals surface area contributed by atoms with Crippen molar-refractivity contribution in [3.63, 3.8) is 0 Å². The lowest BCUT2D eigenvalue weighted by Crippen LogP contribution is -2.11. The van der Waals surface area contributed by atoms with Gasteiger partial charge in [0.05, 0.1) is 17.7 Å². The first kappa shape index (κ1) is 13.0. The number of carbonyl (C=O) groups excluding carboxylic acids is 1. The highest BCUT2D eigenvalue weighted by molar-refractivity contribution is 14.1. The maximum atomic E-state index is 11.8. The van der Waals surface area contributed by atoms with Crippen LogP contribution in [0.25, 0.3) is 0 Å². The molecule has 0 spiro atoms. The zero-order valence-electron chi connectivity index (χ0n) is 9.21. The van der Waals surface area contributed by atoms with Crippen LogP contribution in [0.3, 0.4) is 0 Å². The molecule has 0 aliphatic heterocycles. The molecule has 0 atom stereocenters. The number of nitrogens with zero attached hydrogens (tertiary/aromatic N) is 1. The summed E-state index contributed by atoms with van der Waals surface area (Å²) in [5, 5.41) is 8.91. The normalized spacial score (nSPS) is 9.62. The molecule has 0 heterocycles. The molecule has 1 aromatic rings. The van der Waals surface area contributed by atoms with Crippen LogP contribution in [0, 0.1) is 14.9 Å². The van der Waals surface area contributed by atoms with E-state index in [-0.39, 0.29) is 5.97 Å². The molecule has 1 rings (SSSR count). The SMILES string of the molecule is CCOC(=O)c1c(CC)ccc(C#N)c1I. The van der Waals surface area contributed by atoms with Crippen LogP contribution in [0.5, 0.6) is 0 Å². The van der Waals surface area contributed by atoms with Gasteiger partial charge in [0.25, 0.3) is 0 Å². The first-order chi connectivity index (χ1) is 7.65. The van der Waals surface area contributed by atoms with Gasteiger partial charge in [0.2, 0.25) is 0 Å². The Kier molecular flexibility index (Phi) is 4.74. The van der Waals surface area contributed by atoms with E-state index in [1.165, 1.54) is 0 Å². The summed E-state index contributed by atoms with van der Waals surface area (Å²) in [6.07, 6.45) is 0.746. The zero-order valence-corrected chi connectivity index (χ0v) is 11.4. The Hall–Kier alpha value is -1.09. The van der Waals surface area contributed by atoms with E-state index in [9.17, 15) is 4.79 Å². The molecule has 0 fully saturated rings. The zero-order chi connectivity index (χ0) is 12.1. The molecule has 1 aromatic carbocycles. The maximum Gasteiger partial charge on any atom is 0.339 e. The summed E-state index contributed by atoms with van der Waals surface area (Å²) in [6.45, 7) is 4.08. The highest BCUT2D eigenvalue weighted by atomic mass is 127. The van der Waals surface area contributed by atoms with E-state index < -0.39 is 0 Å². The van der Waals surface area contributed by atoms with Gasteiger partial charge in [-0.15, -0.1) is 0 Å². The van der Waals surface area contributed by atoms with Crippen LogP contribution in [0.15, 0.2) is 12.1 Å². The molecular formula is C12H12INO2. The van der Waals surface area contributed by atoms with Gasteiger partial charge in [-0.25, -0.2) is 4.79 Å². The summed E-state index contributed by atoms with van der Waals surface area (Å²) in [5.74, 6) is -0.346. The Bertz CT molecular complexity index is 449. The lowest BCUT2D eigenvalue weighted by molar-refractivity contribution is 0.0524. The van der Waals surface area contributed by atoms with Crippen molar-refractivity contribution in [1.29, 1.82) is 5.26 Å². The summed E-state index contributed by atoms with van der Waals surface area (Å²) in [5.41, 5.74) is 1.96. The van der Waals surface area contributed by atoms with Gasteiger partial charge in [-0.3, -0.25) is 0 Å². The quantitative estimate of drug-likeness (QED) is 0.633. The highest BCUT2D eigenvalue weighted by Gasteiger charge is 2.18. The second-order valence-electron chi connectivity index (χ2n) is 3.15. The molecular weight excluding hydrogens is 317 g/mol. The van der Waals surface area contributed by atoms with E-state index in [0.717, 1.165) is 12.0 Å². The molecule has 0 N–H and O–H groups in total. The monoisotopic (exact) mass is 329 g/mol. The van der Waals surface area contributed by atoms with E-state index in [1.54, 1.807) is 13.0 Å². The molecule has 0 aromatic heterocycles. The van der Waals surface area contributed by atoms with Crippen LogP contribution in [0.2, 0.25) is 0 Å². The summed E-state index contributed by atoms with van der Waals surface area (Å²) in [4.78, 5) is 11.8. The Balaban J connectivity index is 3.33. The van der Waals surface area contributed by atoms with Crippen LogP contribution >= 0.6 is 22.6 Å². The van der Waals surface area contributed by atoms with Crippen LogP contribution in [-0.2, 0) is 11.2 Å². The molecule has 4 heteroatoms. The predicted molar refractivity (Wildman–Crippen MR) is 69.2 cm³/mol. The maximum absolute atomic E-state index is 11.8. The van der Waals surface area contributed by atoms with Crippen molar-refractivity contribution in [2.24, 2.45) is 0 Å². The number of halogens is 1. The van der Waals surface area contributed by atoms with Crippen molar-refractivity contribution >= 4 is 28.6 Å². The van der Waals surface area contributed by atoms with Crippen LogP contribution in [-0.4, -0.2) is 12.6 Å². The lowest BCUT2D eigenvalue weighted by atomic mass is 10.0. The van der Waals surface area contributed by atoms with Gasteiger partial charge in [-0.1, -0.05) is 13.0 Å². The topological polar surface area (TPSA) is 50.1 Å². The Morgan fingerprint density at radius 2 is 2.19 bits per heavy atom. The number of carbonyl (C=O) groups is 1. The Morgan fingerprint density at radius 3 is 2.69 bits per heavy atom. The third-order valence-corrected chi connectivity index (χ3v) is 3.33. The van der Waals surface area contributed by atoms with Crippen molar-refractivity contribution in [2.75, 3.05) is 6.61 Å². The molecule has 16 heavy (non-hydrogen) atoms. The molecule has 0 unspecified atom stereocenters. The van der Waals surface area contributed by atoms with Crippen LogP contribution in [0.4, 0.5) is 0 Å². The van der Waals surface area contributed by atoms with E-state index in [1.807, 2.05) is 35.6 Å². The van der Waals surface area contributed by atoms with Crippen LogP contribution in [0.1, 0.15) is 35.3 Å². The number of esters is 1. The molecule has 84 valence electrons. The van der Waals surface area contributed by atoms with Crippen molar-refractivity contribution in [1.82, 2.24) is 0 Å². The average molecular weight is 329 g/mol. The van der Waals surface area contributed by atoms with Gasteiger partial charge in [-0.05, 0) is 47.6 Å². The minimum absolute atomic E-state index is 0.342. The second kappa shape index (κ2) is 5.85. The first-order valence-corrected chi connectivity index (χ1v) is 6.12. The Morgan fingerprint density at radius 1 is 1.50 bits per heavy atom. The molecule has 0 aliphatic carbocycles. The number of hydrogen-bond donors (Lipinski definition) is 0. The summed E-state index contributed by atoms with van der Waals surface area (Å²) in [6, 6.07) is 5.62. The van der Waals surface area contributed by atoms with Gasteiger partial charge < -0.3 is 4.74 Å². The van der Waals surface area contributed by atoms with Gasteiger partial charge in [0.1, 0.15) is 6.07 Å². The first-order valence-electron chi connectivity index (χ1n) is 5.04. The number of benzene rings is 1. The third-order valence-electron chi connectivity index (χ3n) is 2.21. The minimum atomic E-state index is -0.346. The van der Waals surface area contributed by atoms with Gasteiger partial charge in [-0.2, -0.15) is 5.26 Å². The van der Waals surface area contributed by atoms with Crippen molar-refractivity contribution in [3.8, 4) is 6.07 Å². The molecule has 0 bridgehead atoms. The molecule has 0 radical (unpaired) electrons. The number of hydrogen-bond acceptors (Lipinski definition) is 3. The third kappa shape index (κ3) is 2.53. The number of nitriles is 1. The fraction of sp³-hybridized carbons (Fsp3) is 0.333. The summed E-state index contributed by atoms with van der Waals surface area (Å²) in [7, 11) is 0. The van der Waals surface area contributed by atoms with Gasteiger partial charge >= 0.3 is 5.97 Å². The van der Waals surface area contributed by atoms with Crippen molar-refractivity contribution in [3.05, 3.63) is 32.4 Å². The number of rotatable bonds is 3. The largest absolute Gasteiger partial charge is 0.462 e. The number of aryl methyl sites for hydroxylation is 1. The van der Waals surface area contributed by atoms with E-state index in [0.29, 0.717) is 21.3 Å². The summed E-state index contributed by atoms with van der Waals surface area (Å²) >= 11 is 2.02. The van der Waals surface area contributed by atoms with Crippen molar-refractivity contribution in [2.45, 2.75) is 20.3 Å². The molecule has 3 nitrogen and oxygen atoms in total. The number of ether oxygens (including phenoxy) is 1. The smallest absolute Gasteiger partial charge is 0.339 e. The standard InChI is InChI=1S/C12H12INO2/c1-3-8-5-6-9(7-14)11(13)10(8)12(15)16-4-2/h5-6H,3-4H2,1-2H3. The predicted octanol–water partition coefficient (Wildman–Crippen LogP) is 2.90. The van der Waals surface area contributed by atoms with E-state index >= 15 is 0 Å². The molecule has 0 saturated carbocycles. The Labute approximate surface area is 109 Å². The fourth-order valence-electron chi connectivity index (χ4n) is 1.42. The molecule has 0 saturated heterocycles. The molecule has 0 amide bonds. The molecule has 0 aliphatic rings. The second-order valence-corrected chi connectivity index (χ2v) is 4.23. The average Bonchev–Trinajstić information content (AvgIpc) is 2.28. The summed E-state index contributed by atoms with van der Waals surface area (Å²) < 4.78 is 5.68. The van der Waals surface area contributed by atoms with E-state index in [4.69, 9.17) is 10.00 Å². The minimum Gasteiger partial charge on any atom is -0.462 e. The lowest BCUT2D eigenvalue weighted by Gasteiger charge is -2.10.